The van der Waals surface area contributed by atoms with E-state index in [4.69, 9.17) is 4.74 Å². The van der Waals surface area contributed by atoms with Crippen molar-refractivity contribution >= 4 is 11.6 Å². The summed E-state index contributed by atoms with van der Waals surface area (Å²) in [7, 11) is 1.68. The first-order valence-corrected chi connectivity index (χ1v) is 9.28. The molecule has 1 fully saturated rings. The van der Waals surface area contributed by atoms with E-state index in [1.54, 1.807) is 13.3 Å². The number of rotatable bonds is 6. The molecule has 27 heavy (non-hydrogen) atoms. The number of nitrogens with zero attached hydrogens (tertiary/aromatic N) is 2. The molecule has 4 rings (SSSR count). The van der Waals surface area contributed by atoms with Crippen LogP contribution in [-0.2, 0) is 11.2 Å². The number of aromatic nitrogens is 2. The van der Waals surface area contributed by atoms with E-state index in [2.05, 4.69) is 16.3 Å². The molecule has 5 nitrogen and oxygen atoms in total. The average Bonchev–Trinajstić information content (AvgIpc) is 3.37. The lowest BCUT2D eigenvalue weighted by Gasteiger charge is -2.17. The Morgan fingerprint density at radius 1 is 1.19 bits per heavy atom. The van der Waals surface area contributed by atoms with E-state index in [0.29, 0.717) is 0 Å². The molecule has 1 saturated heterocycles. The topological polar surface area (TPSA) is 58.2 Å². The van der Waals surface area contributed by atoms with Crippen LogP contribution in [0.1, 0.15) is 18.4 Å². The van der Waals surface area contributed by atoms with Gasteiger partial charge in [0.1, 0.15) is 5.75 Å². The quantitative estimate of drug-likeness (QED) is 0.720. The molecule has 3 aromatic rings. The van der Waals surface area contributed by atoms with E-state index in [1.165, 1.54) is 5.56 Å². The predicted molar refractivity (Wildman–Crippen MR) is 106 cm³/mol. The fraction of sp³-hybridized carbons (Fsp3) is 0.273. The Bertz CT molecular complexity index is 904. The Balaban J connectivity index is 1.39. The molecular formula is C22H23N3O2. The predicted octanol–water partition coefficient (Wildman–Crippen LogP) is 4.07. The molecule has 2 aromatic carbocycles. The molecule has 5 heteroatoms. The zero-order chi connectivity index (χ0) is 18.6. The molecule has 0 bridgehead atoms. The monoisotopic (exact) mass is 361 g/mol. The largest absolute Gasteiger partial charge is 0.497 e. The van der Waals surface area contributed by atoms with Crippen LogP contribution in [0.15, 0.2) is 60.9 Å². The number of aryl methyl sites for hydroxylation is 1. The maximum Gasteiger partial charge on any atom is 0.230 e. The first kappa shape index (κ1) is 17.3. The number of aromatic amines is 1. The summed E-state index contributed by atoms with van der Waals surface area (Å²) < 4.78 is 5.28. The Hall–Kier alpha value is -3.08. The lowest BCUT2D eigenvalue weighted by molar-refractivity contribution is -0.120. The van der Waals surface area contributed by atoms with Gasteiger partial charge in [0.25, 0.3) is 0 Å². The van der Waals surface area contributed by atoms with Gasteiger partial charge in [0.2, 0.25) is 5.91 Å². The summed E-state index contributed by atoms with van der Waals surface area (Å²) in [4.78, 5) is 14.8. The van der Waals surface area contributed by atoms with Gasteiger partial charge in [0.05, 0.1) is 13.3 Å². The van der Waals surface area contributed by atoms with E-state index in [0.717, 1.165) is 48.4 Å². The summed E-state index contributed by atoms with van der Waals surface area (Å²) in [6, 6.07) is 16.2. The summed E-state index contributed by atoms with van der Waals surface area (Å²) in [6.45, 7) is 0.784. The van der Waals surface area contributed by atoms with Gasteiger partial charge < -0.3 is 9.64 Å². The van der Waals surface area contributed by atoms with E-state index >= 15 is 0 Å². The highest BCUT2D eigenvalue weighted by molar-refractivity contribution is 5.97. The summed E-state index contributed by atoms with van der Waals surface area (Å²) in [5.41, 5.74) is 4.32. The van der Waals surface area contributed by atoms with Gasteiger partial charge in [-0.25, -0.2) is 0 Å². The van der Waals surface area contributed by atoms with Crippen LogP contribution in [-0.4, -0.2) is 29.8 Å². The molecule has 1 unspecified atom stereocenters. The molecule has 1 aliphatic rings. The van der Waals surface area contributed by atoms with Crippen molar-refractivity contribution in [2.45, 2.75) is 19.3 Å². The molecule has 0 aliphatic carbocycles. The molecule has 1 N–H and O–H groups in total. The molecule has 0 spiro atoms. The molecular weight excluding hydrogens is 338 g/mol. The SMILES string of the molecule is COc1cccc(CCC2CCN(c3ccc(-c4cn[nH]c4)cc3)C2=O)c1. The maximum atomic E-state index is 12.9. The Labute approximate surface area is 159 Å². The fourth-order valence-corrected chi connectivity index (χ4v) is 3.67. The Kier molecular flexibility index (Phi) is 4.92. The van der Waals surface area contributed by atoms with Crippen molar-refractivity contribution in [3.63, 3.8) is 0 Å². The van der Waals surface area contributed by atoms with Crippen LogP contribution in [0.3, 0.4) is 0 Å². The van der Waals surface area contributed by atoms with E-state index in [1.807, 2.05) is 53.6 Å². The van der Waals surface area contributed by atoms with Crippen molar-refractivity contribution in [3.8, 4) is 16.9 Å². The molecule has 0 radical (unpaired) electrons. The third-order valence-corrected chi connectivity index (χ3v) is 5.24. The highest BCUT2D eigenvalue weighted by Crippen LogP contribution is 2.30. The number of anilines is 1. The number of benzene rings is 2. The smallest absolute Gasteiger partial charge is 0.230 e. The minimum Gasteiger partial charge on any atom is -0.497 e. The number of ether oxygens (including phenoxy) is 1. The summed E-state index contributed by atoms with van der Waals surface area (Å²) in [5.74, 6) is 1.18. The zero-order valence-electron chi connectivity index (χ0n) is 15.4. The minimum atomic E-state index is 0.0877. The maximum absolute atomic E-state index is 12.9. The van der Waals surface area contributed by atoms with Crippen molar-refractivity contribution in [3.05, 3.63) is 66.5 Å². The van der Waals surface area contributed by atoms with E-state index in [-0.39, 0.29) is 11.8 Å². The standard InChI is InChI=1S/C22H23N3O2/c1-27-21-4-2-3-16(13-21)5-6-18-11-12-25(22(18)26)20-9-7-17(8-10-20)19-14-23-24-15-19/h2-4,7-10,13-15,18H,5-6,11-12H2,1H3,(H,23,24). The van der Waals surface area contributed by atoms with Gasteiger partial charge in [-0.3, -0.25) is 9.89 Å². The van der Waals surface area contributed by atoms with Gasteiger partial charge in [-0.1, -0.05) is 24.3 Å². The van der Waals surface area contributed by atoms with Crippen molar-refractivity contribution in [1.29, 1.82) is 0 Å². The number of H-pyrrole nitrogens is 1. The third-order valence-electron chi connectivity index (χ3n) is 5.24. The second-order valence-corrected chi connectivity index (χ2v) is 6.90. The van der Waals surface area contributed by atoms with Gasteiger partial charge in [0.15, 0.2) is 0 Å². The zero-order valence-corrected chi connectivity index (χ0v) is 15.4. The summed E-state index contributed by atoms with van der Waals surface area (Å²) in [6.07, 6.45) is 6.33. The van der Waals surface area contributed by atoms with E-state index in [9.17, 15) is 4.79 Å². The van der Waals surface area contributed by atoms with Gasteiger partial charge in [-0.15, -0.1) is 0 Å². The second-order valence-electron chi connectivity index (χ2n) is 6.90. The number of amides is 1. The molecule has 138 valence electrons. The normalized spacial score (nSPS) is 16.7. The molecule has 1 amide bonds. The van der Waals surface area contributed by atoms with Crippen LogP contribution in [0, 0.1) is 5.92 Å². The second kappa shape index (κ2) is 7.66. The van der Waals surface area contributed by atoms with Gasteiger partial charge >= 0.3 is 0 Å². The molecule has 1 aliphatic heterocycles. The van der Waals surface area contributed by atoms with Crippen molar-refractivity contribution in [2.24, 2.45) is 5.92 Å². The van der Waals surface area contributed by atoms with Crippen LogP contribution in [0.25, 0.3) is 11.1 Å². The Morgan fingerprint density at radius 2 is 2.04 bits per heavy atom. The lowest BCUT2D eigenvalue weighted by atomic mass is 9.98. The number of methoxy groups -OCH3 is 1. The van der Waals surface area contributed by atoms with Gasteiger partial charge in [-0.05, 0) is 54.7 Å². The first-order valence-electron chi connectivity index (χ1n) is 9.28. The van der Waals surface area contributed by atoms with Crippen LogP contribution < -0.4 is 9.64 Å². The highest BCUT2D eigenvalue weighted by atomic mass is 16.5. The molecule has 1 atom stereocenters. The molecule has 2 heterocycles. The number of nitrogens with one attached hydrogen (secondary N) is 1. The van der Waals surface area contributed by atoms with Crippen LogP contribution in [0.5, 0.6) is 5.75 Å². The highest BCUT2D eigenvalue weighted by Gasteiger charge is 2.32. The fourth-order valence-electron chi connectivity index (χ4n) is 3.67. The van der Waals surface area contributed by atoms with E-state index < -0.39 is 0 Å². The lowest BCUT2D eigenvalue weighted by Crippen LogP contribution is -2.27. The number of carbonyl (C=O) groups excluding carboxylic acids is 1. The van der Waals surface area contributed by atoms with Crippen LogP contribution >= 0.6 is 0 Å². The van der Waals surface area contributed by atoms with Crippen molar-refractivity contribution in [2.75, 3.05) is 18.6 Å². The molecule has 1 aromatic heterocycles. The number of hydrogen-bond donors (Lipinski definition) is 1. The molecule has 0 saturated carbocycles. The number of carbonyl (C=O) groups is 1. The van der Waals surface area contributed by atoms with Crippen molar-refractivity contribution in [1.82, 2.24) is 10.2 Å². The minimum absolute atomic E-state index is 0.0877. The third kappa shape index (κ3) is 3.72. The first-order chi connectivity index (χ1) is 13.2. The summed E-state index contributed by atoms with van der Waals surface area (Å²) >= 11 is 0. The number of hydrogen-bond acceptors (Lipinski definition) is 3. The van der Waals surface area contributed by atoms with Crippen LogP contribution in [0.4, 0.5) is 5.69 Å². The van der Waals surface area contributed by atoms with Crippen molar-refractivity contribution < 1.29 is 9.53 Å². The Morgan fingerprint density at radius 3 is 2.78 bits per heavy atom. The van der Waals surface area contributed by atoms with Gasteiger partial charge in [0, 0.05) is 29.9 Å². The average molecular weight is 361 g/mol. The van der Waals surface area contributed by atoms with Crippen LogP contribution in [0.2, 0.25) is 0 Å². The summed E-state index contributed by atoms with van der Waals surface area (Å²) in [5, 5.41) is 6.80. The van der Waals surface area contributed by atoms with Gasteiger partial charge in [-0.2, -0.15) is 5.10 Å².